The molecule has 2 aliphatic rings. The SMILES string of the molecule is CC(=O)N1CCC(CC(=O)N2CCN(C(c3ccc(Cl)cc3)c3ccc(Cl)cc3)C[C@H]2C(C)C)CC1. The molecule has 36 heavy (non-hydrogen) atoms. The highest BCUT2D eigenvalue weighted by Crippen LogP contribution is 2.34. The van der Waals surface area contributed by atoms with Gasteiger partial charge in [-0.2, -0.15) is 0 Å². The van der Waals surface area contributed by atoms with Gasteiger partial charge in [0.1, 0.15) is 0 Å². The van der Waals surface area contributed by atoms with Crippen LogP contribution in [0.5, 0.6) is 0 Å². The fraction of sp³-hybridized carbons (Fsp3) is 0.517. The van der Waals surface area contributed by atoms with Crippen molar-refractivity contribution in [3.8, 4) is 0 Å². The minimum absolute atomic E-state index is 0.0638. The van der Waals surface area contributed by atoms with Crippen molar-refractivity contribution < 1.29 is 9.59 Å². The van der Waals surface area contributed by atoms with Crippen molar-refractivity contribution >= 4 is 35.0 Å². The van der Waals surface area contributed by atoms with Gasteiger partial charge < -0.3 is 9.80 Å². The molecule has 0 bridgehead atoms. The Kier molecular flexibility index (Phi) is 8.97. The maximum absolute atomic E-state index is 13.5. The number of hydrogen-bond acceptors (Lipinski definition) is 3. The van der Waals surface area contributed by atoms with Crippen LogP contribution in [0.1, 0.15) is 57.2 Å². The van der Waals surface area contributed by atoms with E-state index in [0.29, 0.717) is 24.8 Å². The van der Waals surface area contributed by atoms with Crippen LogP contribution < -0.4 is 0 Å². The van der Waals surface area contributed by atoms with E-state index in [-0.39, 0.29) is 23.9 Å². The largest absolute Gasteiger partial charge is 0.343 e. The minimum Gasteiger partial charge on any atom is -0.343 e. The van der Waals surface area contributed by atoms with Crippen LogP contribution in [0, 0.1) is 11.8 Å². The van der Waals surface area contributed by atoms with Crippen molar-refractivity contribution in [2.75, 3.05) is 32.7 Å². The van der Waals surface area contributed by atoms with Crippen LogP contribution in [0.15, 0.2) is 48.5 Å². The summed E-state index contributed by atoms with van der Waals surface area (Å²) in [4.78, 5) is 31.6. The molecule has 2 aliphatic heterocycles. The maximum atomic E-state index is 13.5. The third-order valence-corrected chi connectivity index (χ3v) is 8.30. The Morgan fingerprint density at radius 1 is 0.861 bits per heavy atom. The first-order chi connectivity index (χ1) is 17.2. The quantitative estimate of drug-likeness (QED) is 0.467. The highest BCUT2D eigenvalue weighted by atomic mass is 35.5. The van der Waals surface area contributed by atoms with Gasteiger partial charge in [0.25, 0.3) is 0 Å². The van der Waals surface area contributed by atoms with E-state index in [9.17, 15) is 9.59 Å². The van der Waals surface area contributed by atoms with Gasteiger partial charge in [0.05, 0.1) is 6.04 Å². The molecule has 0 radical (unpaired) electrons. The monoisotopic (exact) mass is 529 g/mol. The Balaban J connectivity index is 1.49. The summed E-state index contributed by atoms with van der Waals surface area (Å²) in [6.07, 6.45) is 2.40. The number of carbonyl (C=O) groups excluding carboxylic acids is 2. The van der Waals surface area contributed by atoms with Crippen molar-refractivity contribution in [2.24, 2.45) is 11.8 Å². The number of amides is 2. The number of carbonyl (C=O) groups is 2. The lowest BCUT2D eigenvalue weighted by Gasteiger charge is -2.47. The molecule has 2 fully saturated rings. The molecule has 194 valence electrons. The third-order valence-electron chi connectivity index (χ3n) is 7.80. The van der Waals surface area contributed by atoms with E-state index >= 15 is 0 Å². The van der Waals surface area contributed by atoms with E-state index in [0.717, 1.165) is 49.1 Å². The second-order valence-electron chi connectivity index (χ2n) is 10.6. The molecule has 0 aromatic heterocycles. The van der Waals surface area contributed by atoms with Gasteiger partial charge >= 0.3 is 0 Å². The summed E-state index contributed by atoms with van der Waals surface area (Å²) in [5, 5.41) is 1.44. The first-order valence-electron chi connectivity index (χ1n) is 13.0. The molecular weight excluding hydrogens is 493 g/mol. The van der Waals surface area contributed by atoms with E-state index in [2.05, 4.69) is 47.9 Å². The van der Waals surface area contributed by atoms with Gasteiger partial charge in [-0.25, -0.2) is 0 Å². The molecule has 5 nitrogen and oxygen atoms in total. The molecule has 2 aromatic rings. The van der Waals surface area contributed by atoms with E-state index in [1.54, 1.807) is 6.92 Å². The number of nitrogens with zero attached hydrogens (tertiary/aromatic N) is 3. The minimum atomic E-state index is 0.0638. The lowest BCUT2D eigenvalue weighted by molar-refractivity contribution is -0.139. The smallest absolute Gasteiger partial charge is 0.223 e. The molecule has 0 spiro atoms. The van der Waals surface area contributed by atoms with Gasteiger partial charge in [0, 0.05) is 62.2 Å². The van der Waals surface area contributed by atoms with E-state index < -0.39 is 0 Å². The molecular formula is C29H37Cl2N3O2. The molecule has 2 aromatic carbocycles. The number of halogens is 2. The molecule has 2 amide bonds. The molecule has 2 heterocycles. The first-order valence-corrected chi connectivity index (χ1v) is 13.8. The normalized spacial score (nSPS) is 19.8. The Morgan fingerprint density at radius 3 is 1.86 bits per heavy atom. The summed E-state index contributed by atoms with van der Waals surface area (Å²) in [5.74, 6) is 1.08. The standard InChI is InChI=1S/C29H37Cl2N3O2/c1-20(2)27-19-33(16-17-34(27)28(36)18-22-12-14-32(15-13-22)21(3)35)29(23-4-8-25(30)9-5-23)24-6-10-26(31)11-7-24/h4-11,20,22,27,29H,12-19H2,1-3H3/t27-/m0/s1. The van der Waals surface area contributed by atoms with Gasteiger partial charge in [-0.05, 0) is 60.1 Å². The van der Waals surface area contributed by atoms with Crippen LogP contribution in [-0.2, 0) is 9.59 Å². The van der Waals surface area contributed by atoms with Crippen LogP contribution in [-0.4, -0.2) is 65.3 Å². The summed E-state index contributed by atoms with van der Waals surface area (Å²) in [6.45, 7) is 9.89. The van der Waals surface area contributed by atoms with Gasteiger partial charge in [-0.1, -0.05) is 61.3 Å². The average Bonchev–Trinajstić information content (AvgIpc) is 2.86. The first kappa shape index (κ1) is 27.0. The number of benzene rings is 2. The molecule has 0 saturated carbocycles. The topological polar surface area (TPSA) is 43.9 Å². The number of likely N-dealkylation sites (tertiary alicyclic amines) is 1. The van der Waals surface area contributed by atoms with Crippen LogP contribution in [0.4, 0.5) is 0 Å². The fourth-order valence-electron chi connectivity index (χ4n) is 5.67. The lowest BCUT2D eigenvalue weighted by atomic mass is 9.90. The molecule has 2 saturated heterocycles. The fourth-order valence-corrected chi connectivity index (χ4v) is 5.92. The highest BCUT2D eigenvalue weighted by Gasteiger charge is 2.37. The van der Waals surface area contributed by atoms with Crippen LogP contribution in [0.25, 0.3) is 0 Å². The zero-order chi connectivity index (χ0) is 25.8. The van der Waals surface area contributed by atoms with Crippen molar-refractivity contribution in [1.82, 2.24) is 14.7 Å². The Bertz CT molecular complexity index is 988. The Morgan fingerprint density at radius 2 is 1.39 bits per heavy atom. The number of rotatable bonds is 6. The van der Waals surface area contributed by atoms with Crippen molar-refractivity contribution in [3.63, 3.8) is 0 Å². The van der Waals surface area contributed by atoms with Crippen LogP contribution in [0.3, 0.4) is 0 Å². The van der Waals surface area contributed by atoms with Gasteiger partial charge in [-0.15, -0.1) is 0 Å². The number of piperidine rings is 1. The summed E-state index contributed by atoms with van der Waals surface area (Å²) < 4.78 is 0. The van der Waals surface area contributed by atoms with E-state index in [1.807, 2.05) is 29.2 Å². The predicted molar refractivity (Wildman–Crippen MR) is 146 cm³/mol. The molecule has 0 N–H and O–H groups in total. The summed E-state index contributed by atoms with van der Waals surface area (Å²) in [6, 6.07) is 16.4. The number of hydrogen-bond donors (Lipinski definition) is 0. The highest BCUT2D eigenvalue weighted by molar-refractivity contribution is 6.30. The van der Waals surface area contributed by atoms with Crippen LogP contribution >= 0.6 is 23.2 Å². The summed E-state index contributed by atoms with van der Waals surface area (Å²) in [5.41, 5.74) is 2.36. The molecule has 0 unspecified atom stereocenters. The van der Waals surface area contributed by atoms with Crippen molar-refractivity contribution in [3.05, 3.63) is 69.7 Å². The Labute approximate surface area is 225 Å². The van der Waals surface area contributed by atoms with Crippen molar-refractivity contribution in [1.29, 1.82) is 0 Å². The second kappa shape index (κ2) is 12.0. The third kappa shape index (κ3) is 6.42. The van der Waals surface area contributed by atoms with Gasteiger partial charge in [0.2, 0.25) is 11.8 Å². The van der Waals surface area contributed by atoms with Crippen molar-refractivity contribution in [2.45, 2.75) is 52.1 Å². The van der Waals surface area contributed by atoms with E-state index in [4.69, 9.17) is 23.2 Å². The molecule has 4 rings (SSSR count). The van der Waals surface area contributed by atoms with Gasteiger partial charge in [-0.3, -0.25) is 14.5 Å². The summed E-state index contributed by atoms with van der Waals surface area (Å²) in [7, 11) is 0. The average molecular weight is 531 g/mol. The second-order valence-corrected chi connectivity index (χ2v) is 11.4. The predicted octanol–water partition coefficient (Wildman–Crippen LogP) is 5.90. The number of piperazine rings is 1. The molecule has 1 atom stereocenters. The maximum Gasteiger partial charge on any atom is 0.223 e. The Hall–Kier alpha value is -2.08. The zero-order valence-electron chi connectivity index (χ0n) is 21.5. The van der Waals surface area contributed by atoms with Gasteiger partial charge in [0.15, 0.2) is 0 Å². The molecule has 7 heteroatoms. The molecule has 0 aliphatic carbocycles. The van der Waals surface area contributed by atoms with E-state index in [1.165, 1.54) is 11.1 Å². The lowest BCUT2D eigenvalue weighted by Crippen LogP contribution is -2.58. The zero-order valence-corrected chi connectivity index (χ0v) is 23.0. The van der Waals surface area contributed by atoms with Crippen LogP contribution in [0.2, 0.25) is 10.0 Å². The summed E-state index contributed by atoms with van der Waals surface area (Å²) >= 11 is 12.4.